The second-order valence-corrected chi connectivity index (χ2v) is 3.42. The summed E-state index contributed by atoms with van der Waals surface area (Å²) < 4.78 is 5.15. The number of aliphatic carboxylic acids is 1. The molecule has 0 aromatic heterocycles. The van der Waals surface area contributed by atoms with Gasteiger partial charge in [0.25, 0.3) is 0 Å². The first-order valence-corrected chi connectivity index (χ1v) is 4.85. The summed E-state index contributed by atoms with van der Waals surface area (Å²) >= 11 is 0. The molecule has 4 nitrogen and oxygen atoms in total. The van der Waals surface area contributed by atoms with Crippen molar-refractivity contribution in [3.63, 3.8) is 0 Å². The second-order valence-electron chi connectivity index (χ2n) is 3.42. The normalized spacial score (nSPS) is 19.7. The molecule has 0 amide bonds. The number of ether oxygens (including phenoxy) is 1. The van der Waals surface area contributed by atoms with E-state index in [9.17, 15) is 9.59 Å². The van der Waals surface area contributed by atoms with Gasteiger partial charge in [-0.2, -0.15) is 0 Å². The van der Waals surface area contributed by atoms with Gasteiger partial charge in [-0.05, 0) is 26.7 Å². The first kappa shape index (κ1) is 13.1. The van der Waals surface area contributed by atoms with E-state index in [1.807, 2.05) is 0 Å². The molecule has 1 fully saturated rings. The quantitative estimate of drug-likeness (QED) is 0.755. The van der Waals surface area contributed by atoms with Gasteiger partial charge in [0, 0.05) is 13.0 Å². The van der Waals surface area contributed by atoms with Gasteiger partial charge in [-0.1, -0.05) is 0 Å². The maximum Gasteiger partial charge on any atom is 0.303 e. The highest BCUT2D eigenvalue weighted by molar-refractivity contribution is 5.80. The van der Waals surface area contributed by atoms with Gasteiger partial charge in [-0.3, -0.25) is 4.79 Å². The third-order valence-corrected chi connectivity index (χ3v) is 1.85. The third-order valence-electron chi connectivity index (χ3n) is 1.85. The molecule has 1 heterocycles. The molecule has 0 saturated carbocycles. The van der Waals surface area contributed by atoms with E-state index in [2.05, 4.69) is 6.92 Å². The fourth-order valence-corrected chi connectivity index (χ4v) is 1.02. The molecule has 0 aromatic carbocycles. The van der Waals surface area contributed by atoms with Crippen molar-refractivity contribution in [3.05, 3.63) is 0 Å². The zero-order valence-corrected chi connectivity index (χ0v) is 8.78. The lowest BCUT2D eigenvalue weighted by molar-refractivity contribution is -0.138. The lowest BCUT2D eigenvalue weighted by Crippen LogP contribution is -1.98. The van der Waals surface area contributed by atoms with Crippen LogP contribution in [0.15, 0.2) is 0 Å². The summed E-state index contributed by atoms with van der Waals surface area (Å²) in [5.41, 5.74) is 0. The van der Waals surface area contributed by atoms with E-state index in [1.54, 1.807) is 0 Å². The molecule has 1 rings (SSSR count). The Morgan fingerprint density at radius 3 is 2.21 bits per heavy atom. The number of carboxylic acids is 1. The molecule has 0 bridgehead atoms. The fraction of sp³-hybridized carbons (Fsp3) is 0.800. The Balaban J connectivity index is 0.000000249. The predicted molar refractivity (Wildman–Crippen MR) is 52.2 cm³/mol. The molecule has 82 valence electrons. The molecule has 0 aromatic rings. The molecule has 1 atom stereocenters. The van der Waals surface area contributed by atoms with Gasteiger partial charge >= 0.3 is 5.97 Å². The van der Waals surface area contributed by atoms with E-state index >= 15 is 0 Å². The molecule has 0 spiro atoms. The topological polar surface area (TPSA) is 63.6 Å². The number of carbonyl (C=O) groups is 2. The largest absolute Gasteiger partial charge is 0.481 e. The molecular weight excluding hydrogens is 184 g/mol. The van der Waals surface area contributed by atoms with E-state index in [-0.39, 0.29) is 18.6 Å². The molecule has 0 aliphatic carbocycles. The number of hydrogen-bond donors (Lipinski definition) is 1. The van der Waals surface area contributed by atoms with Crippen molar-refractivity contribution in [1.82, 2.24) is 0 Å². The molecule has 1 N–H and O–H groups in total. The van der Waals surface area contributed by atoms with E-state index in [0.29, 0.717) is 6.10 Å². The highest BCUT2D eigenvalue weighted by atomic mass is 16.5. The summed E-state index contributed by atoms with van der Waals surface area (Å²) in [5.74, 6) is -0.993. The van der Waals surface area contributed by atoms with Crippen LogP contribution in [0, 0.1) is 0 Å². The Bertz CT molecular complexity index is 169. The van der Waals surface area contributed by atoms with Crippen LogP contribution in [0.4, 0.5) is 0 Å². The van der Waals surface area contributed by atoms with Crippen molar-refractivity contribution in [2.24, 2.45) is 0 Å². The summed E-state index contributed by atoms with van der Waals surface area (Å²) in [7, 11) is 0. The Kier molecular flexibility index (Phi) is 7.02. The fourth-order valence-electron chi connectivity index (χ4n) is 1.02. The van der Waals surface area contributed by atoms with Gasteiger partial charge in [0.2, 0.25) is 0 Å². The third kappa shape index (κ3) is 9.19. The number of Topliss-reactive ketones (excluding diaryl/α,β-unsaturated/α-hetero) is 1. The summed E-state index contributed by atoms with van der Waals surface area (Å²) in [6.45, 7) is 4.48. The summed E-state index contributed by atoms with van der Waals surface area (Å²) in [4.78, 5) is 19.8. The Labute approximate surface area is 84.3 Å². The predicted octanol–water partition coefficient (Wildman–Crippen LogP) is 1.63. The summed E-state index contributed by atoms with van der Waals surface area (Å²) in [6.07, 6.45) is 3.18. The Hall–Kier alpha value is -0.900. The number of hydrogen-bond acceptors (Lipinski definition) is 3. The van der Waals surface area contributed by atoms with E-state index in [1.165, 1.54) is 19.8 Å². The number of rotatable bonds is 3. The molecule has 14 heavy (non-hydrogen) atoms. The zero-order chi connectivity index (χ0) is 11.0. The standard InChI is InChI=1S/C5H8O3.C5H10O/c1-4(6)2-3-5(7)8;1-5-3-2-4-6-5/h2-3H2,1H3,(H,7,8);5H,2-4H2,1H3. The SMILES string of the molecule is CC(=O)CCC(=O)O.CC1CCCO1. The van der Waals surface area contributed by atoms with Crippen molar-refractivity contribution in [2.45, 2.75) is 45.6 Å². The molecule has 1 aliphatic rings. The average molecular weight is 202 g/mol. The van der Waals surface area contributed by atoms with Crippen LogP contribution in [0.25, 0.3) is 0 Å². The lowest BCUT2D eigenvalue weighted by Gasteiger charge is -1.94. The Morgan fingerprint density at radius 1 is 1.43 bits per heavy atom. The van der Waals surface area contributed by atoms with Gasteiger partial charge in [0.15, 0.2) is 0 Å². The minimum Gasteiger partial charge on any atom is -0.481 e. The molecule has 1 unspecified atom stereocenters. The van der Waals surface area contributed by atoms with Crippen LogP contribution in [0.5, 0.6) is 0 Å². The van der Waals surface area contributed by atoms with Crippen LogP contribution >= 0.6 is 0 Å². The first-order chi connectivity index (χ1) is 6.52. The van der Waals surface area contributed by atoms with Crippen molar-refractivity contribution < 1.29 is 19.4 Å². The lowest BCUT2D eigenvalue weighted by atomic mass is 10.2. The number of carbonyl (C=O) groups excluding carboxylic acids is 1. The van der Waals surface area contributed by atoms with Crippen LogP contribution in [-0.4, -0.2) is 29.6 Å². The maximum absolute atomic E-state index is 10.1. The van der Waals surface area contributed by atoms with Gasteiger partial charge in [-0.25, -0.2) is 0 Å². The van der Waals surface area contributed by atoms with Crippen LogP contribution < -0.4 is 0 Å². The molecule has 0 radical (unpaired) electrons. The highest BCUT2D eigenvalue weighted by Gasteiger charge is 2.07. The van der Waals surface area contributed by atoms with Gasteiger partial charge in [0.05, 0.1) is 12.5 Å². The van der Waals surface area contributed by atoms with Crippen LogP contribution in [0.3, 0.4) is 0 Å². The number of carboxylic acid groups (broad SMARTS) is 1. The molecule has 1 aliphatic heterocycles. The van der Waals surface area contributed by atoms with Crippen LogP contribution in [0.2, 0.25) is 0 Å². The van der Waals surface area contributed by atoms with Crippen LogP contribution in [0.1, 0.15) is 39.5 Å². The zero-order valence-electron chi connectivity index (χ0n) is 8.78. The highest BCUT2D eigenvalue weighted by Crippen LogP contribution is 2.09. The van der Waals surface area contributed by atoms with Gasteiger partial charge < -0.3 is 14.6 Å². The summed E-state index contributed by atoms with van der Waals surface area (Å²) in [6, 6.07) is 0. The van der Waals surface area contributed by atoms with Gasteiger partial charge in [-0.15, -0.1) is 0 Å². The van der Waals surface area contributed by atoms with Gasteiger partial charge in [0.1, 0.15) is 5.78 Å². The average Bonchev–Trinajstić information content (AvgIpc) is 2.53. The van der Waals surface area contributed by atoms with Crippen molar-refractivity contribution >= 4 is 11.8 Å². The molecular formula is C10H18O4. The summed E-state index contributed by atoms with van der Waals surface area (Å²) in [5, 5.41) is 8.01. The van der Waals surface area contributed by atoms with E-state index in [0.717, 1.165) is 6.61 Å². The minimum atomic E-state index is -0.916. The van der Waals surface area contributed by atoms with E-state index < -0.39 is 5.97 Å². The van der Waals surface area contributed by atoms with Crippen molar-refractivity contribution in [3.8, 4) is 0 Å². The minimum absolute atomic E-state index is 0.0463. The van der Waals surface area contributed by atoms with Crippen molar-refractivity contribution in [1.29, 1.82) is 0 Å². The van der Waals surface area contributed by atoms with Crippen LogP contribution in [-0.2, 0) is 14.3 Å². The van der Waals surface area contributed by atoms with Crippen molar-refractivity contribution in [2.75, 3.05) is 6.61 Å². The Morgan fingerprint density at radius 2 is 2.07 bits per heavy atom. The molecule has 1 saturated heterocycles. The number of ketones is 1. The van der Waals surface area contributed by atoms with E-state index in [4.69, 9.17) is 9.84 Å². The monoisotopic (exact) mass is 202 g/mol. The second kappa shape index (κ2) is 7.50. The smallest absolute Gasteiger partial charge is 0.303 e. The maximum atomic E-state index is 10.1. The molecule has 4 heteroatoms. The first-order valence-electron chi connectivity index (χ1n) is 4.85.